The van der Waals surface area contributed by atoms with E-state index in [0.29, 0.717) is 19.3 Å². The highest BCUT2D eigenvalue weighted by Gasteiger charge is 2.19. The third kappa shape index (κ3) is 40.1. The van der Waals surface area contributed by atoms with Gasteiger partial charge in [0, 0.05) is 19.3 Å². The molecule has 0 radical (unpaired) electrons. The summed E-state index contributed by atoms with van der Waals surface area (Å²) in [5.74, 6) is -0.976. The lowest BCUT2D eigenvalue weighted by Gasteiger charge is -2.18. The summed E-state index contributed by atoms with van der Waals surface area (Å²) in [6.07, 6.45) is 49.2. The van der Waals surface area contributed by atoms with Crippen LogP contribution >= 0.6 is 0 Å². The fourth-order valence-corrected chi connectivity index (χ4v) is 5.88. The van der Waals surface area contributed by atoms with E-state index in [1.54, 1.807) is 0 Å². The minimum absolute atomic E-state index is 0.0944. The molecule has 0 aromatic carbocycles. The van der Waals surface area contributed by atoms with Gasteiger partial charge >= 0.3 is 17.9 Å². The minimum atomic E-state index is -0.795. The van der Waals surface area contributed by atoms with E-state index in [2.05, 4.69) is 26.8 Å². The van der Waals surface area contributed by atoms with Crippen LogP contribution in [0.15, 0.2) is 60.8 Å². The molecule has 1 atom stereocenters. The van der Waals surface area contributed by atoms with Crippen LogP contribution in [0.25, 0.3) is 0 Å². The Morgan fingerprint density at radius 1 is 0.396 bits per heavy atom. The van der Waals surface area contributed by atoms with Crippen LogP contribution in [0.5, 0.6) is 0 Å². The zero-order valence-corrected chi connectivity index (χ0v) is 34.5. The number of hydrogen-bond donors (Lipinski definition) is 0. The van der Waals surface area contributed by atoms with Crippen molar-refractivity contribution in [2.75, 3.05) is 13.2 Å². The molecule has 0 aliphatic heterocycles. The van der Waals surface area contributed by atoms with Gasteiger partial charge in [0.15, 0.2) is 6.10 Å². The van der Waals surface area contributed by atoms with Crippen molar-refractivity contribution in [2.24, 2.45) is 0 Å². The maximum Gasteiger partial charge on any atom is 0.306 e. The Morgan fingerprint density at radius 3 is 1.15 bits per heavy atom. The molecule has 0 heterocycles. The van der Waals surface area contributed by atoms with Crippen LogP contribution in [-0.4, -0.2) is 37.2 Å². The smallest absolute Gasteiger partial charge is 0.306 e. The summed E-state index contributed by atoms with van der Waals surface area (Å²) in [4.78, 5) is 37.6. The number of unbranched alkanes of at least 4 members (excludes halogenated alkanes) is 21. The first-order valence-corrected chi connectivity index (χ1v) is 21.9. The van der Waals surface area contributed by atoms with Gasteiger partial charge in [0.05, 0.1) is 0 Å². The van der Waals surface area contributed by atoms with Crippen molar-refractivity contribution >= 4 is 17.9 Å². The fourth-order valence-electron chi connectivity index (χ4n) is 5.88. The standard InChI is InChI=1S/C47H80O6/c1-4-7-10-13-16-19-22-24-26-28-31-34-37-40-46(49)52-43-44(42-51-45(48)39-36-33-30-27-21-18-15-12-9-6-3)53-47(50)41-38-35-32-29-25-23-20-17-14-11-8-5-2/h7,10,13,16,19,22,24,26,28,31,44H,4-6,8-9,11-12,14-15,17-18,20-21,23,25,27,29-30,32-43H2,1-3H3/b10-7-,16-13-,22-19-,26-24-,31-28-. The molecule has 1 unspecified atom stereocenters. The van der Waals surface area contributed by atoms with Crippen LogP contribution in [0, 0.1) is 0 Å². The van der Waals surface area contributed by atoms with Crippen molar-refractivity contribution in [3.63, 3.8) is 0 Å². The zero-order valence-electron chi connectivity index (χ0n) is 34.5. The molecule has 0 fully saturated rings. The Kier molecular flexibility index (Phi) is 39.6. The van der Waals surface area contributed by atoms with Crippen molar-refractivity contribution in [2.45, 2.75) is 207 Å². The number of ether oxygens (including phenoxy) is 3. The molecule has 0 aliphatic carbocycles. The van der Waals surface area contributed by atoms with E-state index in [1.807, 2.05) is 54.7 Å². The molecule has 0 aromatic heterocycles. The number of hydrogen-bond acceptors (Lipinski definition) is 6. The minimum Gasteiger partial charge on any atom is -0.462 e. The lowest BCUT2D eigenvalue weighted by Crippen LogP contribution is -2.30. The van der Waals surface area contributed by atoms with E-state index in [0.717, 1.165) is 51.4 Å². The molecule has 0 aliphatic rings. The Balaban J connectivity index is 4.49. The average Bonchev–Trinajstić information content (AvgIpc) is 3.15. The summed E-state index contributed by atoms with van der Waals surface area (Å²) in [6, 6.07) is 0. The third-order valence-corrected chi connectivity index (χ3v) is 9.16. The van der Waals surface area contributed by atoms with E-state index >= 15 is 0 Å². The van der Waals surface area contributed by atoms with E-state index in [1.165, 1.54) is 103 Å². The second-order valence-electron chi connectivity index (χ2n) is 14.4. The van der Waals surface area contributed by atoms with E-state index in [9.17, 15) is 14.4 Å². The van der Waals surface area contributed by atoms with Crippen molar-refractivity contribution in [3.8, 4) is 0 Å². The number of rotatable bonds is 38. The molecule has 6 nitrogen and oxygen atoms in total. The molecule has 0 spiro atoms. The fraction of sp³-hybridized carbons (Fsp3) is 0.723. The zero-order chi connectivity index (χ0) is 38.7. The highest BCUT2D eigenvalue weighted by atomic mass is 16.6. The van der Waals surface area contributed by atoms with Gasteiger partial charge in [0.1, 0.15) is 13.2 Å². The van der Waals surface area contributed by atoms with Crippen LogP contribution in [0.4, 0.5) is 0 Å². The summed E-state index contributed by atoms with van der Waals surface area (Å²) in [7, 11) is 0. The van der Waals surface area contributed by atoms with Crippen LogP contribution in [0.1, 0.15) is 201 Å². The number of carbonyl (C=O) groups excluding carboxylic acids is 3. The van der Waals surface area contributed by atoms with E-state index in [4.69, 9.17) is 14.2 Å². The monoisotopic (exact) mass is 741 g/mol. The summed E-state index contributed by atoms with van der Waals surface area (Å²) in [5.41, 5.74) is 0. The molecule has 0 rings (SSSR count). The number of allylic oxidation sites excluding steroid dienone is 10. The number of esters is 3. The van der Waals surface area contributed by atoms with Crippen molar-refractivity contribution < 1.29 is 28.6 Å². The summed E-state index contributed by atoms with van der Waals surface area (Å²) >= 11 is 0. The van der Waals surface area contributed by atoms with Gasteiger partial charge in [-0.3, -0.25) is 14.4 Å². The quantitative estimate of drug-likeness (QED) is 0.0271. The van der Waals surface area contributed by atoms with Crippen LogP contribution in [0.3, 0.4) is 0 Å². The van der Waals surface area contributed by atoms with Crippen LogP contribution in [0.2, 0.25) is 0 Å². The first kappa shape index (κ1) is 50.1. The first-order chi connectivity index (χ1) is 26.0. The van der Waals surface area contributed by atoms with E-state index < -0.39 is 6.10 Å². The normalized spacial score (nSPS) is 12.6. The topological polar surface area (TPSA) is 78.9 Å². The van der Waals surface area contributed by atoms with Crippen LogP contribution in [-0.2, 0) is 28.6 Å². The van der Waals surface area contributed by atoms with Crippen molar-refractivity contribution in [1.29, 1.82) is 0 Å². The molecular formula is C47H80O6. The maximum absolute atomic E-state index is 12.7. The SMILES string of the molecule is CC\C=C/C=C\C=C/C=C\C=C/CCCC(=O)OCC(COC(=O)CCCCCCCCCCCC)OC(=O)CCCCCCCCCCCCCC. The Hall–Kier alpha value is -2.89. The molecule has 0 saturated heterocycles. The Labute approximate surface area is 326 Å². The second-order valence-corrected chi connectivity index (χ2v) is 14.4. The third-order valence-electron chi connectivity index (χ3n) is 9.16. The average molecular weight is 741 g/mol. The molecule has 0 saturated carbocycles. The van der Waals surface area contributed by atoms with Gasteiger partial charge < -0.3 is 14.2 Å². The lowest BCUT2D eigenvalue weighted by atomic mass is 10.0. The highest BCUT2D eigenvalue weighted by molar-refractivity contribution is 5.71. The highest BCUT2D eigenvalue weighted by Crippen LogP contribution is 2.14. The van der Waals surface area contributed by atoms with Crippen LogP contribution < -0.4 is 0 Å². The summed E-state index contributed by atoms with van der Waals surface area (Å²) in [6.45, 7) is 6.39. The lowest BCUT2D eigenvalue weighted by molar-refractivity contribution is -0.167. The largest absolute Gasteiger partial charge is 0.462 e. The molecule has 53 heavy (non-hydrogen) atoms. The Morgan fingerprint density at radius 2 is 0.736 bits per heavy atom. The summed E-state index contributed by atoms with van der Waals surface area (Å²) in [5, 5.41) is 0. The molecule has 304 valence electrons. The van der Waals surface area contributed by atoms with Crippen molar-refractivity contribution in [3.05, 3.63) is 60.8 Å². The van der Waals surface area contributed by atoms with E-state index in [-0.39, 0.29) is 37.5 Å². The van der Waals surface area contributed by atoms with Gasteiger partial charge in [0.2, 0.25) is 0 Å². The second kappa shape index (κ2) is 41.9. The molecule has 6 heteroatoms. The molecule has 0 aromatic rings. The summed E-state index contributed by atoms with van der Waals surface area (Å²) < 4.78 is 16.6. The van der Waals surface area contributed by atoms with Crippen molar-refractivity contribution in [1.82, 2.24) is 0 Å². The molecule has 0 amide bonds. The van der Waals surface area contributed by atoms with Gasteiger partial charge in [-0.2, -0.15) is 0 Å². The van der Waals surface area contributed by atoms with Gasteiger partial charge in [-0.15, -0.1) is 0 Å². The molecule has 0 bridgehead atoms. The van der Waals surface area contributed by atoms with Gasteiger partial charge in [0.25, 0.3) is 0 Å². The first-order valence-electron chi connectivity index (χ1n) is 21.9. The maximum atomic E-state index is 12.7. The Bertz CT molecular complexity index is 991. The van der Waals surface area contributed by atoms with Gasteiger partial charge in [-0.1, -0.05) is 210 Å². The number of carbonyl (C=O) groups is 3. The predicted octanol–water partition coefficient (Wildman–Crippen LogP) is 13.7. The van der Waals surface area contributed by atoms with Gasteiger partial charge in [-0.25, -0.2) is 0 Å². The predicted molar refractivity (Wildman–Crippen MR) is 224 cm³/mol. The molecular weight excluding hydrogens is 661 g/mol. The van der Waals surface area contributed by atoms with Gasteiger partial charge in [-0.05, 0) is 32.1 Å². The molecule has 0 N–H and O–H groups in total.